The summed E-state index contributed by atoms with van der Waals surface area (Å²) in [4.78, 5) is 18.6. The Morgan fingerprint density at radius 3 is 2.93 bits per heavy atom. The summed E-state index contributed by atoms with van der Waals surface area (Å²) in [5.74, 6) is -0.606. The Bertz CT molecular complexity index is 354. The Morgan fingerprint density at radius 1 is 1.67 bits per heavy atom. The number of anilines is 1. The van der Waals surface area contributed by atoms with E-state index in [1.807, 2.05) is 0 Å². The quantitative estimate of drug-likeness (QED) is 0.691. The molecule has 6 nitrogen and oxygen atoms in total. The fraction of sp³-hybridized carbons (Fsp3) is 0.444. The van der Waals surface area contributed by atoms with E-state index in [9.17, 15) is 4.79 Å². The zero-order chi connectivity index (χ0) is 11.3. The number of ether oxygens (including phenoxy) is 1. The molecular weight excluding hydrogens is 198 g/mol. The van der Waals surface area contributed by atoms with Crippen LogP contribution in [0, 0.1) is 6.92 Å². The van der Waals surface area contributed by atoms with Gasteiger partial charge in [-0.2, -0.15) is 0 Å². The number of carbonyl (C=O) groups is 1. The summed E-state index contributed by atoms with van der Waals surface area (Å²) in [5, 5.41) is 11.7. The highest BCUT2D eigenvalue weighted by atomic mass is 16.5. The van der Waals surface area contributed by atoms with Gasteiger partial charge in [-0.05, 0) is 6.92 Å². The lowest BCUT2D eigenvalue weighted by atomic mass is 10.2. The first-order valence-electron chi connectivity index (χ1n) is 4.45. The monoisotopic (exact) mass is 211 g/mol. The average Bonchev–Trinajstić information content (AvgIpc) is 2.17. The van der Waals surface area contributed by atoms with Gasteiger partial charge in [0.15, 0.2) is 0 Å². The number of carboxylic acids is 1. The van der Waals surface area contributed by atoms with Crippen molar-refractivity contribution in [1.29, 1.82) is 0 Å². The first kappa shape index (κ1) is 11.4. The first-order valence-corrected chi connectivity index (χ1v) is 4.45. The highest BCUT2D eigenvalue weighted by Crippen LogP contribution is 2.06. The summed E-state index contributed by atoms with van der Waals surface area (Å²) in [5.41, 5.74) is 0.560. The Labute approximate surface area is 87.3 Å². The minimum absolute atomic E-state index is 0.118. The summed E-state index contributed by atoms with van der Waals surface area (Å²) in [6.07, 6.45) is 1.29. The minimum atomic E-state index is -1.02. The molecule has 0 aromatic carbocycles. The van der Waals surface area contributed by atoms with Crippen molar-refractivity contribution in [3.05, 3.63) is 17.5 Å². The van der Waals surface area contributed by atoms with Crippen LogP contribution >= 0.6 is 0 Å². The second-order valence-corrected chi connectivity index (χ2v) is 2.92. The van der Waals surface area contributed by atoms with Crippen LogP contribution in [0.4, 0.5) is 5.95 Å². The van der Waals surface area contributed by atoms with Crippen LogP contribution < -0.4 is 5.32 Å². The number of carboxylic acid groups (broad SMARTS) is 1. The predicted octanol–water partition coefficient (Wildman–Crippen LogP) is 0.542. The van der Waals surface area contributed by atoms with E-state index in [0.717, 1.165) is 0 Å². The van der Waals surface area contributed by atoms with Crippen LogP contribution in [0.15, 0.2) is 6.20 Å². The van der Waals surface area contributed by atoms with Gasteiger partial charge in [0.05, 0.1) is 17.9 Å². The second kappa shape index (κ2) is 5.26. The maximum Gasteiger partial charge on any atom is 0.339 e. The normalized spacial score (nSPS) is 10.0. The number of aryl methyl sites for hydroxylation is 1. The summed E-state index contributed by atoms with van der Waals surface area (Å²) in [6.45, 7) is 2.76. The molecule has 1 rings (SSSR count). The maximum atomic E-state index is 10.7. The molecule has 0 aliphatic carbocycles. The highest BCUT2D eigenvalue weighted by Gasteiger charge is 2.09. The number of hydrogen-bond donors (Lipinski definition) is 2. The molecule has 0 amide bonds. The Morgan fingerprint density at radius 2 is 2.40 bits per heavy atom. The predicted molar refractivity (Wildman–Crippen MR) is 54.1 cm³/mol. The highest BCUT2D eigenvalue weighted by molar-refractivity contribution is 5.88. The summed E-state index contributed by atoms with van der Waals surface area (Å²) in [6, 6.07) is 0. The lowest BCUT2D eigenvalue weighted by molar-refractivity contribution is 0.0695. The smallest absolute Gasteiger partial charge is 0.339 e. The van der Waals surface area contributed by atoms with Crippen LogP contribution in [-0.2, 0) is 4.74 Å². The third kappa shape index (κ3) is 3.17. The number of aromatic nitrogens is 2. The summed E-state index contributed by atoms with van der Waals surface area (Å²) in [7, 11) is 1.60. The van der Waals surface area contributed by atoms with Crippen LogP contribution in [0.5, 0.6) is 0 Å². The van der Waals surface area contributed by atoms with Crippen LogP contribution in [0.3, 0.4) is 0 Å². The van der Waals surface area contributed by atoms with Gasteiger partial charge in [-0.3, -0.25) is 0 Å². The topological polar surface area (TPSA) is 84.3 Å². The van der Waals surface area contributed by atoms with Crippen molar-refractivity contribution in [3.63, 3.8) is 0 Å². The van der Waals surface area contributed by atoms with Gasteiger partial charge in [0.25, 0.3) is 0 Å². The van der Waals surface area contributed by atoms with E-state index in [1.54, 1.807) is 14.0 Å². The Balaban J connectivity index is 2.69. The van der Waals surface area contributed by atoms with Crippen molar-refractivity contribution in [2.24, 2.45) is 0 Å². The van der Waals surface area contributed by atoms with Gasteiger partial charge in [0.1, 0.15) is 0 Å². The van der Waals surface area contributed by atoms with E-state index in [-0.39, 0.29) is 5.56 Å². The fourth-order valence-corrected chi connectivity index (χ4v) is 1.03. The number of methoxy groups -OCH3 is 1. The molecule has 0 aliphatic rings. The van der Waals surface area contributed by atoms with Crippen LogP contribution in [-0.4, -0.2) is 41.3 Å². The fourth-order valence-electron chi connectivity index (χ4n) is 1.03. The molecule has 0 atom stereocenters. The van der Waals surface area contributed by atoms with Crippen molar-refractivity contribution in [2.45, 2.75) is 6.92 Å². The second-order valence-electron chi connectivity index (χ2n) is 2.92. The molecule has 0 bridgehead atoms. The molecule has 1 aromatic heterocycles. The maximum absolute atomic E-state index is 10.7. The number of rotatable bonds is 5. The number of nitrogens with one attached hydrogen (secondary N) is 1. The summed E-state index contributed by atoms with van der Waals surface area (Å²) < 4.78 is 4.84. The first-order chi connectivity index (χ1) is 7.15. The molecule has 0 aliphatic heterocycles. The van der Waals surface area contributed by atoms with Gasteiger partial charge < -0.3 is 15.2 Å². The molecule has 0 radical (unpaired) electrons. The molecule has 15 heavy (non-hydrogen) atoms. The summed E-state index contributed by atoms with van der Waals surface area (Å²) >= 11 is 0. The molecule has 82 valence electrons. The van der Waals surface area contributed by atoms with Crippen molar-refractivity contribution in [1.82, 2.24) is 9.97 Å². The molecule has 0 saturated heterocycles. The van der Waals surface area contributed by atoms with E-state index in [2.05, 4.69) is 15.3 Å². The molecule has 0 fully saturated rings. The van der Waals surface area contributed by atoms with E-state index in [0.29, 0.717) is 24.8 Å². The molecule has 2 N–H and O–H groups in total. The number of hydrogen-bond acceptors (Lipinski definition) is 5. The van der Waals surface area contributed by atoms with Crippen molar-refractivity contribution in [3.8, 4) is 0 Å². The zero-order valence-corrected chi connectivity index (χ0v) is 8.65. The standard InChI is InChI=1S/C9H13N3O3/c1-6-7(8(13)14)5-11-9(12-6)10-3-4-15-2/h5H,3-4H2,1-2H3,(H,13,14)(H,10,11,12). The molecule has 0 unspecified atom stereocenters. The minimum Gasteiger partial charge on any atom is -0.478 e. The number of nitrogens with zero attached hydrogens (tertiary/aromatic N) is 2. The zero-order valence-electron chi connectivity index (χ0n) is 8.65. The lowest BCUT2D eigenvalue weighted by Gasteiger charge is -2.05. The lowest BCUT2D eigenvalue weighted by Crippen LogP contribution is -2.12. The van der Waals surface area contributed by atoms with Gasteiger partial charge in [0, 0.05) is 19.9 Å². The molecule has 6 heteroatoms. The third-order valence-electron chi connectivity index (χ3n) is 1.80. The van der Waals surface area contributed by atoms with Gasteiger partial charge >= 0.3 is 5.97 Å². The molecule has 0 saturated carbocycles. The van der Waals surface area contributed by atoms with Gasteiger partial charge in [-0.15, -0.1) is 0 Å². The van der Waals surface area contributed by atoms with Crippen molar-refractivity contribution in [2.75, 3.05) is 25.6 Å². The van der Waals surface area contributed by atoms with E-state index in [1.165, 1.54) is 6.20 Å². The van der Waals surface area contributed by atoms with Crippen molar-refractivity contribution >= 4 is 11.9 Å². The largest absolute Gasteiger partial charge is 0.478 e. The third-order valence-corrected chi connectivity index (χ3v) is 1.80. The van der Waals surface area contributed by atoms with E-state index in [4.69, 9.17) is 9.84 Å². The Hall–Kier alpha value is -1.69. The van der Waals surface area contributed by atoms with Gasteiger partial charge in [0.2, 0.25) is 5.95 Å². The van der Waals surface area contributed by atoms with Gasteiger partial charge in [-0.25, -0.2) is 14.8 Å². The van der Waals surface area contributed by atoms with Crippen LogP contribution in [0.2, 0.25) is 0 Å². The average molecular weight is 211 g/mol. The number of aromatic carboxylic acids is 1. The molecular formula is C9H13N3O3. The van der Waals surface area contributed by atoms with Crippen LogP contribution in [0.25, 0.3) is 0 Å². The Kier molecular flexibility index (Phi) is 3.99. The van der Waals surface area contributed by atoms with Gasteiger partial charge in [-0.1, -0.05) is 0 Å². The van der Waals surface area contributed by atoms with E-state index >= 15 is 0 Å². The van der Waals surface area contributed by atoms with Crippen molar-refractivity contribution < 1.29 is 14.6 Å². The SMILES string of the molecule is COCCNc1ncc(C(=O)O)c(C)n1. The van der Waals surface area contributed by atoms with Crippen LogP contribution in [0.1, 0.15) is 16.1 Å². The van der Waals surface area contributed by atoms with E-state index < -0.39 is 5.97 Å². The molecule has 1 heterocycles. The molecule has 1 aromatic rings. The molecule has 0 spiro atoms.